The molecule has 0 spiro atoms. The average Bonchev–Trinajstić information content (AvgIpc) is 2.96. The van der Waals surface area contributed by atoms with Crippen LogP contribution in [0, 0.1) is 5.82 Å². The van der Waals surface area contributed by atoms with E-state index in [-0.39, 0.29) is 24.8 Å². The normalized spacial score (nSPS) is 10.7. The van der Waals surface area contributed by atoms with E-state index in [1.54, 1.807) is 31.6 Å². The van der Waals surface area contributed by atoms with E-state index in [2.05, 4.69) is 0 Å². The van der Waals surface area contributed by atoms with Crippen LogP contribution in [0.5, 0.6) is 5.75 Å². The quantitative estimate of drug-likeness (QED) is 0.671. The summed E-state index contributed by atoms with van der Waals surface area (Å²) in [5, 5.41) is 0.851. The van der Waals surface area contributed by atoms with Crippen molar-refractivity contribution in [2.45, 2.75) is 13.0 Å². The summed E-state index contributed by atoms with van der Waals surface area (Å²) in [6.45, 7) is 0.114. The number of carbonyl (C=O) groups excluding carboxylic acids is 1. The molecular weight excluding hydrogens is 299 g/mol. The van der Waals surface area contributed by atoms with Crippen LogP contribution in [0.2, 0.25) is 0 Å². The molecule has 3 rings (SSSR count). The number of rotatable bonds is 5. The molecule has 0 atom stereocenters. The van der Waals surface area contributed by atoms with Gasteiger partial charge in [-0.1, -0.05) is 12.1 Å². The second-order valence-corrected chi connectivity index (χ2v) is 5.09. The van der Waals surface area contributed by atoms with Crippen LogP contribution in [0.25, 0.3) is 11.0 Å². The van der Waals surface area contributed by atoms with Gasteiger partial charge in [0.15, 0.2) is 0 Å². The molecule has 0 aliphatic heterocycles. The zero-order valence-electron chi connectivity index (χ0n) is 12.5. The molecule has 4 nitrogen and oxygen atoms in total. The molecule has 118 valence electrons. The summed E-state index contributed by atoms with van der Waals surface area (Å²) < 4.78 is 28.6. The molecule has 23 heavy (non-hydrogen) atoms. The number of esters is 1. The molecule has 0 aliphatic carbocycles. The Hall–Kier alpha value is -2.82. The number of methoxy groups -OCH3 is 1. The predicted octanol–water partition coefficient (Wildman–Crippen LogP) is 3.87. The molecule has 0 aliphatic rings. The largest absolute Gasteiger partial charge is 0.497 e. The monoisotopic (exact) mass is 314 g/mol. The fourth-order valence-electron chi connectivity index (χ4n) is 2.28. The van der Waals surface area contributed by atoms with Gasteiger partial charge in [0, 0.05) is 17.0 Å². The Balaban J connectivity index is 1.64. The molecule has 0 amide bonds. The summed E-state index contributed by atoms with van der Waals surface area (Å²) in [4.78, 5) is 12.0. The van der Waals surface area contributed by atoms with Crippen LogP contribution in [0.4, 0.5) is 4.39 Å². The lowest BCUT2D eigenvalue weighted by Gasteiger charge is -2.04. The van der Waals surface area contributed by atoms with E-state index in [1.807, 2.05) is 12.1 Å². The summed E-state index contributed by atoms with van der Waals surface area (Å²) in [5.74, 6) is 0.00509. The molecule has 0 N–H and O–H groups in total. The minimum Gasteiger partial charge on any atom is -0.497 e. The highest BCUT2D eigenvalue weighted by atomic mass is 19.1. The van der Waals surface area contributed by atoms with E-state index in [9.17, 15) is 9.18 Å². The number of ether oxygens (including phenoxy) is 2. The first-order valence-electron chi connectivity index (χ1n) is 7.10. The fourth-order valence-corrected chi connectivity index (χ4v) is 2.28. The minimum atomic E-state index is -0.368. The van der Waals surface area contributed by atoms with Crippen LogP contribution in [-0.2, 0) is 22.6 Å². The van der Waals surface area contributed by atoms with Gasteiger partial charge in [0.05, 0.1) is 19.8 Å². The molecule has 0 bridgehead atoms. The Morgan fingerprint density at radius 3 is 2.70 bits per heavy atom. The lowest BCUT2D eigenvalue weighted by Crippen LogP contribution is -2.07. The summed E-state index contributed by atoms with van der Waals surface area (Å²) in [7, 11) is 1.58. The maximum atomic E-state index is 12.8. The lowest BCUT2D eigenvalue weighted by molar-refractivity contribution is -0.144. The highest BCUT2D eigenvalue weighted by Gasteiger charge is 2.12. The van der Waals surface area contributed by atoms with Gasteiger partial charge in [-0.05, 0) is 29.8 Å². The molecular formula is C18H15FO4. The first-order chi connectivity index (χ1) is 11.2. The van der Waals surface area contributed by atoms with Crippen LogP contribution < -0.4 is 4.74 Å². The first kappa shape index (κ1) is 15.1. The molecule has 1 heterocycles. The van der Waals surface area contributed by atoms with Gasteiger partial charge < -0.3 is 13.9 Å². The third kappa shape index (κ3) is 3.51. The van der Waals surface area contributed by atoms with Gasteiger partial charge in [-0.3, -0.25) is 4.79 Å². The highest BCUT2D eigenvalue weighted by Crippen LogP contribution is 2.26. The van der Waals surface area contributed by atoms with Gasteiger partial charge in [-0.2, -0.15) is 0 Å². The molecule has 0 radical (unpaired) electrons. The third-order valence-electron chi connectivity index (χ3n) is 3.51. The minimum absolute atomic E-state index is 0.112. The topological polar surface area (TPSA) is 48.7 Å². The van der Waals surface area contributed by atoms with Crippen LogP contribution in [0.1, 0.15) is 11.1 Å². The fraction of sp³-hybridized carbons (Fsp3) is 0.167. The van der Waals surface area contributed by atoms with Crippen molar-refractivity contribution >= 4 is 16.9 Å². The van der Waals surface area contributed by atoms with Crippen LogP contribution in [-0.4, -0.2) is 13.1 Å². The van der Waals surface area contributed by atoms with E-state index >= 15 is 0 Å². The number of halogens is 1. The predicted molar refractivity (Wildman–Crippen MR) is 82.7 cm³/mol. The Kier molecular flexibility index (Phi) is 4.28. The van der Waals surface area contributed by atoms with Crippen molar-refractivity contribution in [1.29, 1.82) is 0 Å². The van der Waals surface area contributed by atoms with Crippen LogP contribution in [0.15, 0.2) is 53.1 Å². The summed E-state index contributed by atoms with van der Waals surface area (Å²) in [6, 6.07) is 11.3. The third-order valence-corrected chi connectivity index (χ3v) is 3.51. The number of carbonyl (C=O) groups is 1. The zero-order chi connectivity index (χ0) is 16.2. The van der Waals surface area contributed by atoms with E-state index < -0.39 is 0 Å². The number of furan rings is 1. The molecule has 0 saturated carbocycles. The van der Waals surface area contributed by atoms with E-state index in [1.165, 1.54) is 12.1 Å². The maximum absolute atomic E-state index is 12.8. The van der Waals surface area contributed by atoms with Gasteiger partial charge in [0.25, 0.3) is 0 Å². The summed E-state index contributed by atoms with van der Waals surface area (Å²) in [5.41, 5.74) is 2.15. The van der Waals surface area contributed by atoms with Crippen molar-refractivity contribution < 1.29 is 23.1 Å². The standard InChI is InChI=1S/C18H15FO4/c1-21-15-6-7-16-13(11-22-17(16)9-15)8-18(20)23-10-12-2-4-14(19)5-3-12/h2-7,9,11H,8,10H2,1H3. The SMILES string of the molecule is COc1ccc2c(CC(=O)OCc3ccc(F)cc3)coc2c1. The van der Waals surface area contributed by atoms with E-state index in [0.29, 0.717) is 11.3 Å². The Morgan fingerprint density at radius 2 is 1.96 bits per heavy atom. The highest BCUT2D eigenvalue weighted by molar-refractivity contribution is 5.86. The number of fused-ring (bicyclic) bond motifs is 1. The van der Waals surface area contributed by atoms with Gasteiger partial charge in [0.1, 0.15) is 23.8 Å². The van der Waals surface area contributed by atoms with E-state index in [4.69, 9.17) is 13.9 Å². The molecule has 3 aromatic rings. The van der Waals surface area contributed by atoms with Crippen molar-refractivity contribution in [3.63, 3.8) is 0 Å². The summed E-state index contributed by atoms with van der Waals surface area (Å²) in [6.07, 6.45) is 1.66. The molecule has 0 unspecified atom stereocenters. The second kappa shape index (κ2) is 6.52. The zero-order valence-corrected chi connectivity index (χ0v) is 12.5. The van der Waals surface area contributed by atoms with Crippen molar-refractivity contribution in [3.8, 4) is 5.75 Å². The van der Waals surface area contributed by atoms with Gasteiger partial charge in [0.2, 0.25) is 0 Å². The van der Waals surface area contributed by atoms with Crippen molar-refractivity contribution in [2.75, 3.05) is 7.11 Å². The first-order valence-corrected chi connectivity index (χ1v) is 7.10. The van der Waals surface area contributed by atoms with E-state index in [0.717, 1.165) is 16.5 Å². The van der Waals surface area contributed by atoms with Crippen molar-refractivity contribution in [3.05, 3.63) is 65.7 Å². The number of benzene rings is 2. The van der Waals surface area contributed by atoms with Gasteiger partial charge in [-0.15, -0.1) is 0 Å². The smallest absolute Gasteiger partial charge is 0.310 e. The number of hydrogen-bond donors (Lipinski definition) is 0. The molecule has 5 heteroatoms. The second-order valence-electron chi connectivity index (χ2n) is 5.09. The van der Waals surface area contributed by atoms with Crippen LogP contribution >= 0.6 is 0 Å². The lowest BCUT2D eigenvalue weighted by atomic mass is 10.1. The molecule has 1 aromatic heterocycles. The molecule has 0 fully saturated rings. The Morgan fingerprint density at radius 1 is 1.17 bits per heavy atom. The average molecular weight is 314 g/mol. The van der Waals surface area contributed by atoms with Crippen molar-refractivity contribution in [1.82, 2.24) is 0 Å². The van der Waals surface area contributed by atoms with Gasteiger partial charge in [-0.25, -0.2) is 4.39 Å². The Labute approximate surface area is 132 Å². The van der Waals surface area contributed by atoms with Crippen molar-refractivity contribution in [2.24, 2.45) is 0 Å². The summed E-state index contributed by atoms with van der Waals surface area (Å²) >= 11 is 0. The molecule has 2 aromatic carbocycles. The van der Waals surface area contributed by atoms with Gasteiger partial charge >= 0.3 is 5.97 Å². The number of hydrogen-bond acceptors (Lipinski definition) is 4. The Bertz CT molecular complexity index is 821. The maximum Gasteiger partial charge on any atom is 0.310 e. The molecule has 0 saturated heterocycles. The van der Waals surface area contributed by atoms with Crippen LogP contribution in [0.3, 0.4) is 0 Å².